The molecule has 1 rings (SSSR count). The van der Waals surface area contributed by atoms with Crippen LogP contribution in [0, 0.1) is 6.92 Å². The molecule has 0 aliphatic rings. The van der Waals surface area contributed by atoms with Crippen molar-refractivity contribution in [1.29, 1.82) is 0 Å². The standard InChI is InChI=1S/C13H23N3O2S/c1-11-9-13(6-5-12(11)10-14)19(17,18)16(4)8-7-15(2)3/h5-6,9H,7-8,10,14H2,1-4H3. The van der Waals surface area contributed by atoms with Gasteiger partial charge in [0.1, 0.15) is 0 Å². The molecule has 0 bridgehead atoms. The minimum absolute atomic E-state index is 0.323. The first-order valence-corrected chi connectivity index (χ1v) is 7.63. The number of nitrogens with zero attached hydrogens (tertiary/aromatic N) is 2. The zero-order valence-electron chi connectivity index (χ0n) is 12.0. The van der Waals surface area contributed by atoms with E-state index in [2.05, 4.69) is 0 Å². The summed E-state index contributed by atoms with van der Waals surface area (Å²) >= 11 is 0. The minimum Gasteiger partial charge on any atom is -0.326 e. The van der Waals surface area contributed by atoms with Gasteiger partial charge < -0.3 is 10.6 Å². The van der Waals surface area contributed by atoms with Crippen molar-refractivity contribution in [3.05, 3.63) is 29.3 Å². The number of rotatable bonds is 6. The number of likely N-dealkylation sites (N-methyl/N-ethyl adjacent to an activating group) is 2. The molecule has 0 aromatic heterocycles. The van der Waals surface area contributed by atoms with Crippen molar-refractivity contribution < 1.29 is 8.42 Å². The van der Waals surface area contributed by atoms with Crippen molar-refractivity contribution in [3.8, 4) is 0 Å². The van der Waals surface area contributed by atoms with Gasteiger partial charge in [0.15, 0.2) is 0 Å². The Morgan fingerprint density at radius 2 is 1.79 bits per heavy atom. The molecule has 108 valence electrons. The van der Waals surface area contributed by atoms with E-state index >= 15 is 0 Å². The maximum absolute atomic E-state index is 12.4. The van der Waals surface area contributed by atoms with Crippen LogP contribution in [0.25, 0.3) is 0 Å². The number of hydrogen-bond acceptors (Lipinski definition) is 4. The van der Waals surface area contributed by atoms with E-state index in [1.807, 2.05) is 25.9 Å². The van der Waals surface area contributed by atoms with Crippen LogP contribution >= 0.6 is 0 Å². The van der Waals surface area contributed by atoms with Crippen LogP contribution in [0.2, 0.25) is 0 Å². The summed E-state index contributed by atoms with van der Waals surface area (Å²) in [6.07, 6.45) is 0. The van der Waals surface area contributed by atoms with Crippen LogP contribution in [0.3, 0.4) is 0 Å². The van der Waals surface area contributed by atoms with Crippen LogP contribution in [-0.4, -0.2) is 51.9 Å². The number of nitrogens with two attached hydrogens (primary N) is 1. The smallest absolute Gasteiger partial charge is 0.242 e. The van der Waals surface area contributed by atoms with E-state index in [0.717, 1.165) is 11.1 Å². The maximum Gasteiger partial charge on any atom is 0.242 e. The van der Waals surface area contributed by atoms with Crippen molar-refractivity contribution in [2.45, 2.75) is 18.4 Å². The third-order valence-corrected chi connectivity index (χ3v) is 4.96. The first kappa shape index (κ1) is 16.1. The lowest BCUT2D eigenvalue weighted by atomic mass is 10.1. The van der Waals surface area contributed by atoms with E-state index in [1.165, 1.54) is 4.31 Å². The quantitative estimate of drug-likeness (QED) is 0.833. The molecule has 1 aromatic rings. The van der Waals surface area contributed by atoms with Crippen molar-refractivity contribution in [2.24, 2.45) is 5.73 Å². The second kappa shape index (κ2) is 6.47. The first-order chi connectivity index (χ1) is 8.78. The molecule has 0 atom stereocenters. The molecule has 0 unspecified atom stereocenters. The summed E-state index contributed by atoms with van der Waals surface area (Å²) in [6, 6.07) is 5.09. The van der Waals surface area contributed by atoms with Crippen molar-refractivity contribution in [1.82, 2.24) is 9.21 Å². The van der Waals surface area contributed by atoms with Crippen LogP contribution in [0.1, 0.15) is 11.1 Å². The van der Waals surface area contributed by atoms with E-state index < -0.39 is 10.0 Å². The van der Waals surface area contributed by atoms with Gasteiger partial charge in [-0.1, -0.05) is 6.07 Å². The monoisotopic (exact) mass is 285 g/mol. The van der Waals surface area contributed by atoms with Crippen LogP contribution in [0.5, 0.6) is 0 Å². The third kappa shape index (κ3) is 4.01. The van der Waals surface area contributed by atoms with Crippen LogP contribution in [-0.2, 0) is 16.6 Å². The Bertz CT molecular complexity index is 527. The van der Waals surface area contributed by atoms with Crippen LogP contribution in [0.4, 0.5) is 0 Å². The van der Waals surface area contributed by atoms with Gasteiger partial charge in [0.2, 0.25) is 10.0 Å². The number of hydrogen-bond donors (Lipinski definition) is 1. The fraction of sp³-hybridized carbons (Fsp3) is 0.538. The van der Waals surface area contributed by atoms with Gasteiger partial charge in [-0.25, -0.2) is 8.42 Å². The van der Waals surface area contributed by atoms with Gasteiger partial charge >= 0.3 is 0 Å². The molecular weight excluding hydrogens is 262 g/mol. The Kier molecular flexibility index (Phi) is 5.49. The summed E-state index contributed by atoms with van der Waals surface area (Å²) in [5.74, 6) is 0. The highest BCUT2D eigenvalue weighted by atomic mass is 32.2. The molecular formula is C13H23N3O2S. The molecule has 19 heavy (non-hydrogen) atoms. The summed E-state index contributed by atoms with van der Waals surface area (Å²) in [5.41, 5.74) is 7.46. The molecule has 0 amide bonds. The highest BCUT2D eigenvalue weighted by molar-refractivity contribution is 7.89. The van der Waals surface area contributed by atoms with Gasteiger partial charge in [-0.15, -0.1) is 0 Å². The maximum atomic E-state index is 12.4. The molecule has 0 heterocycles. The van der Waals surface area contributed by atoms with Gasteiger partial charge in [0, 0.05) is 26.7 Å². The second-order valence-corrected chi connectivity index (χ2v) is 6.97. The van der Waals surface area contributed by atoms with E-state index in [1.54, 1.807) is 25.2 Å². The van der Waals surface area contributed by atoms with Gasteiger partial charge in [-0.3, -0.25) is 0 Å². The van der Waals surface area contributed by atoms with Crippen molar-refractivity contribution >= 4 is 10.0 Å². The molecule has 5 nitrogen and oxygen atoms in total. The van der Waals surface area contributed by atoms with Crippen molar-refractivity contribution in [2.75, 3.05) is 34.2 Å². The summed E-state index contributed by atoms with van der Waals surface area (Å²) in [4.78, 5) is 2.28. The average molecular weight is 285 g/mol. The van der Waals surface area contributed by atoms with E-state index in [0.29, 0.717) is 24.5 Å². The lowest BCUT2D eigenvalue weighted by molar-refractivity contribution is 0.358. The molecule has 1 aromatic carbocycles. The lowest BCUT2D eigenvalue weighted by Gasteiger charge is -2.20. The average Bonchev–Trinajstić information content (AvgIpc) is 2.35. The van der Waals surface area contributed by atoms with Gasteiger partial charge in [0.25, 0.3) is 0 Å². The molecule has 0 aliphatic heterocycles. The normalized spacial score (nSPS) is 12.4. The van der Waals surface area contributed by atoms with Crippen LogP contribution in [0.15, 0.2) is 23.1 Å². The summed E-state index contributed by atoms with van der Waals surface area (Å²) < 4.78 is 26.1. The molecule has 2 N–H and O–H groups in total. The number of aryl methyl sites for hydroxylation is 1. The SMILES string of the molecule is Cc1cc(S(=O)(=O)N(C)CCN(C)C)ccc1CN. The Morgan fingerprint density at radius 1 is 1.16 bits per heavy atom. The first-order valence-electron chi connectivity index (χ1n) is 6.19. The predicted octanol–water partition coefficient (Wildman–Crippen LogP) is 0.636. The second-order valence-electron chi connectivity index (χ2n) is 4.92. The third-order valence-electron chi connectivity index (χ3n) is 3.10. The summed E-state index contributed by atoms with van der Waals surface area (Å²) in [6.45, 7) is 3.45. The Balaban J connectivity index is 2.96. The van der Waals surface area contributed by atoms with Crippen LogP contribution < -0.4 is 5.73 Å². The van der Waals surface area contributed by atoms with Gasteiger partial charge in [-0.2, -0.15) is 4.31 Å². The zero-order valence-corrected chi connectivity index (χ0v) is 12.9. The molecule has 0 saturated heterocycles. The minimum atomic E-state index is -3.42. The molecule has 0 fully saturated rings. The summed E-state index contributed by atoms with van der Waals surface area (Å²) in [7, 11) is 2.02. The Morgan fingerprint density at radius 3 is 2.26 bits per heavy atom. The molecule has 0 saturated carbocycles. The number of sulfonamides is 1. The molecule has 0 aliphatic carbocycles. The Hall–Kier alpha value is -0.950. The largest absolute Gasteiger partial charge is 0.326 e. The predicted molar refractivity (Wildman–Crippen MR) is 77.4 cm³/mol. The van der Waals surface area contributed by atoms with E-state index in [4.69, 9.17) is 5.73 Å². The summed E-state index contributed by atoms with van der Waals surface area (Å²) in [5, 5.41) is 0. The lowest BCUT2D eigenvalue weighted by Crippen LogP contribution is -2.33. The van der Waals surface area contributed by atoms with Gasteiger partial charge in [0.05, 0.1) is 4.90 Å². The molecule has 0 spiro atoms. The molecule has 0 radical (unpaired) electrons. The molecule has 6 heteroatoms. The topological polar surface area (TPSA) is 66.6 Å². The zero-order chi connectivity index (χ0) is 14.6. The van der Waals surface area contributed by atoms with E-state index in [-0.39, 0.29) is 0 Å². The highest BCUT2D eigenvalue weighted by Crippen LogP contribution is 2.18. The van der Waals surface area contributed by atoms with Gasteiger partial charge in [-0.05, 0) is 44.3 Å². The Labute approximate surface area is 116 Å². The highest BCUT2D eigenvalue weighted by Gasteiger charge is 2.20. The fourth-order valence-corrected chi connectivity index (χ4v) is 2.95. The van der Waals surface area contributed by atoms with E-state index in [9.17, 15) is 8.42 Å². The fourth-order valence-electron chi connectivity index (χ4n) is 1.70. The number of benzene rings is 1. The van der Waals surface area contributed by atoms with Crippen molar-refractivity contribution in [3.63, 3.8) is 0 Å².